The Morgan fingerprint density at radius 3 is 2.69 bits per heavy atom. The molecule has 0 spiro atoms. The maximum absolute atomic E-state index is 11.3. The Kier molecular flexibility index (Phi) is 4.02. The Morgan fingerprint density at radius 2 is 2.15 bits per heavy atom. The summed E-state index contributed by atoms with van der Waals surface area (Å²) in [5.41, 5.74) is 5.33. The molecule has 2 N–H and O–H groups in total. The molecule has 0 aromatic rings. The molecule has 0 unspecified atom stereocenters. The largest absolute Gasteiger partial charge is 0.446 e. The van der Waals surface area contributed by atoms with Crippen LogP contribution < -0.4 is 5.73 Å². The second-order valence-electron chi connectivity index (χ2n) is 3.50. The highest BCUT2D eigenvalue weighted by molar-refractivity contribution is 5.67. The first-order valence-electron chi connectivity index (χ1n) is 4.86. The molecule has 4 heteroatoms. The molecule has 1 saturated carbocycles. The van der Waals surface area contributed by atoms with E-state index in [0.29, 0.717) is 13.1 Å². The van der Waals surface area contributed by atoms with Gasteiger partial charge in [-0.25, -0.2) is 4.79 Å². The van der Waals surface area contributed by atoms with Crippen LogP contribution in [0.25, 0.3) is 0 Å². The third kappa shape index (κ3) is 3.22. The van der Waals surface area contributed by atoms with E-state index in [1.54, 1.807) is 7.05 Å². The first-order valence-corrected chi connectivity index (χ1v) is 4.86. The number of likely N-dealkylation sites (N-methyl/N-ethyl adjacent to an activating group) is 1. The second kappa shape index (κ2) is 5.07. The summed E-state index contributed by atoms with van der Waals surface area (Å²) >= 11 is 0. The molecule has 13 heavy (non-hydrogen) atoms. The predicted octanol–water partition coefficient (Wildman–Crippen LogP) is 0.956. The van der Waals surface area contributed by atoms with E-state index >= 15 is 0 Å². The van der Waals surface area contributed by atoms with Crippen molar-refractivity contribution in [1.82, 2.24) is 4.90 Å². The Bertz CT molecular complexity index is 167. The highest BCUT2D eigenvalue weighted by Gasteiger charge is 2.20. The summed E-state index contributed by atoms with van der Waals surface area (Å²) in [4.78, 5) is 12.9. The Balaban J connectivity index is 2.22. The van der Waals surface area contributed by atoms with Crippen LogP contribution in [0.1, 0.15) is 25.7 Å². The minimum atomic E-state index is -0.239. The zero-order chi connectivity index (χ0) is 9.68. The molecule has 0 aromatic carbocycles. The summed E-state index contributed by atoms with van der Waals surface area (Å²) in [7, 11) is 1.71. The van der Waals surface area contributed by atoms with Crippen LogP contribution in [0.4, 0.5) is 4.79 Å². The van der Waals surface area contributed by atoms with Gasteiger partial charge in [-0.3, -0.25) is 0 Å². The Labute approximate surface area is 79.0 Å². The molecule has 1 aliphatic carbocycles. The number of nitrogens with zero attached hydrogens (tertiary/aromatic N) is 1. The number of nitrogens with two attached hydrogens (primary N) is 1. The van der Waals surface area contributed by atoms with Gasteiger partial charge < -0.3 is 15.4 Å². The van der Waals surface area contributed by atoms with Crippen LogP contribution in [0.3, 0.4) is 0 Å². The molecular weight excluding hydrogens is 168 g/mol. The van der Waals surface area contributed by atoms with Gasteiger partial charge in [-0.1, -0.05) is 0 Å². The van der Waals surface area contributed by atoms with E-state index in [4.69, 9.17) is 10.5 Å². The molecule has 1 fully saturated rings. The summed E-state index contributed by atoms with van der Waals surface area (Å²) in [5, 5.41) is 0. The predicted molar refractivity (Wildman–Crippen MR) is 50.4 cm³/mol. The molecule has 1 amide bonds. The van der Waals surface area contributed by atoms with E-state index < -0.39 is 0 Å². The summed E-state index contributed by atoms with van der Waals surface area (Å²) in [5.74, 6) is 0. The molecule has 0 radical (unpaired) electrons. The SMILES string of the molecule is CN(CCN)C(=O)OC1CCCC1. The van der Waals surface area contributed by atoms with Crippen molar-refractivity contribution in [3.05, 3.63) is 0 Å². The lowest BCUT2D eigenvalue weighted by Gasteiger charge is -2.18. The number of carbonyl (C=O) groups excluding carboxylic acids is 1. The topological polar surface area (TPSA) is 55.6 Å². The summed E-state index contributed by atoms with van der Waals surface area (Å²) in [6.07, 6.45) is 4.30. The van der Waals surface area contributed by atoms with Gasteiger partial charge in [0.15, 0.2) is 0 Å². The second-order valence-corrected chi connectivity index (χ2v) is 3.50. The van der Waals surface area contributed by atoms with Gasteiger partial charge >= 0.3 is 6.09 Å². The molecule has 1 rings (SSSR count). The number of rotatable bonds is 3. The van der Waals surface area contributed by atoms with E-state index in [1.165, 1.54) is 17.7 Å². The molecule has 0 aromatic heterocycles. The van der Waals surface area contributed by atoms with Crippen LogP contribution in [0.15, 0.2) is 0 Å². The molecule has 0 bridgehead atoms. The fourth-order valence-electron chi connectivity index (χ4n) is 1.52. The lowest BCUT2D eigenvalue weighted by atomic mass is 10.3. The van der Waals surface area contributed by atoms with Crippen LogP contribution >= 0.6 is 0 Å². The van der Waals surface area contributed by atoms with E-state index in [9.17, 15) is 4.79 Å². The van der Waals surface area contributed by atoms with Crippen molar-refractivity contribution in [2.45, 2.75) is 31.8 Å². The monoisotopic (exact) mass is 186 g/mol. The molecule has 1 aliphatic rings. The minimum absolute atomic E-state index is 0.146. The minimum Gasteiger partial charge on any atom is -0.446 e. The molecule has 0 heterocycles. The third-order valence-corrected chi connectivity index (χ3v) is 2.35. The van der Waals surface area contributed by atoms with Crippen LogP contribution in [0.5, 0.6) is 0 Å². The molecule has 76 valence electrons. The number of carbonyl (C=O) groups is 1. The van der Waals surface area contributed by atoms with Gasteiger partial charge in [-0.2, -0.15) is 0 Å². The Hall–Kier alpha value is -0.770. The average molecular weight is 186 g/mol. The van der Waals surface area contributed by atoms with Crippen molar-refractivity contribution in [1.29, 1.82) is 0 Å². The summed E-state index contributed by atoms with van der Waals surface area (Å²) in [6, 6.07) is 0. The van der Waals surface area contributed by atoms with Gasteiger partial charge in [0, 0.05) is 20.1 Å². The summed E-state index contributed by atoms with van der Waals surface area (Å²) < 4.78 is 5.26. The van der Waals surface area contributed by atoms with Crippen LogP contribution in [-0.2, 0) is 4.74 Å². The maximum atomic E-state index is 11.3. The van der Waals surface area contributed by atoms with Crippen molar-refractivity contribution >= 4 is 6.09 Å². The van der Waals surface area contributed by atoms with Gasteiger partial charge in [0.05, 0.1) is 0 Å². The van der Waals surface area contributed by atoms with Crippen molar-refractivity contribution in [3.63, 3.8) is 0 Å². The Morgan fingerprint density at radius 1 is 1.54 bits per heavy atom. The zero-order valence-corrected chi connectivity index (χ0v) is 8.16. The van der Waals surface area contributed by atoms with Gasteiger partial charge in [0.25, 0.3) is 0 Å². The molecule has 0 atom stereocenters. The first-order chi connectivity index (χ1) is 6.24. The number of amides is 1. The number of hydrogen-bond acceptors (Lipinski definition) is 3. The molecule has 0 aliphatic heterocycles. The fourth-order valence-corrected chi connectivity index (χ4v) is 1.52. The van der Waals surface area contributed by atoms with Crippen molar-refractivity contribution in [2.75, 3.05) is 20.1 Å². The lowest BCUT2D eigenvalue weighted by Crippen LogP contribution is -2.34. The van der Waals surface area contributed by atoms with Crippen molar-refractivity contribution in [3.8, 4) is 0 Å². The smallest absolute Gasteiger partial charge is 0.409 e. The molecule has 4 nitrogen and oxygen atoms in total. The van der Waals surface area contributed by atoms with Crippen molar-refractivity contribution < 1.29 is 9.53 Å². The number of ether oxygens (including phenoxy) is 1. The van der Waals surface area contributed by atoms with Gasteiger partial charge in [-0.15, -0.1) is 0 Å². The quantitative estimate of drug-likeness (QED) is 0.714. The normalized spacial score (nSPS) is 17.4. The maximum Gasteiger partial charge on any atom is 0.409 e. The van der Waals surface area contributed by atoms with Crippen LogP contribution in [0, 0.1) is 0 Å². The van der Waals surface area contributed by atoms with Gasteiger partial charge in [-0.05, 0) is 25.7 Å². The van der Waals surface area contributed by atoms with Gasteiger partial charge in [0.1, 0.15) is 6.10 Å². The highest BCUT2D eigenvalue weighted by atomic mass is 16.6. The van der Waals surface area contributed by atoms with Gasteiger partial charge in [0.2, 0.25) is 0 Å². The number of hydrogen-bond donors (Lipinski definition) is 1. The zero-order valence-electron chi connectivity index (χ0n) is 8.16. The standard InChI is InChI=1S/C9H18N2O2/c1-11(7-6-10)9(12)13-8-4-2-3-5-8/h8H,2-7,10H2,1H3. The van der Waals surface area contributed by atoms with E-state index in [1.807, 2.05) is 0 Å². The van der Waals surface area contributed by atoms with E-state index in [-0.39, 0.29) is 12.2 Å². The average Bonchev–Trinajstić information content (AvgIpc) is 2.57. The highest BCUT2D eigenvalue weighted by Crippen LogP contribution is 2.21. The van der Waals surface area contributed by atoms with E-state index in [0.717, 1.165) is 12.8 Å². The first kappa shape index (κ1) is 10.3. The van der Waals surface area contributed by atoms with Crippen LogP contribution in [-0.4, -0.2) is 37.2 Å². The fraction of sp³-hybridized carbons (Fsp3) is 0.889. The van der Waals surface area contributed by atoms with Crippen LogP contribution in [0.2, 0.25) is 0 Å². The third-order valence-electron chi connectivity index (χ3n) is 2.35. The summed E-state index contributed by atoms with van der Waals surface area (Å²) in [6.45, 7) is 1.04. The van der Waals surface area contributed by atoms with Crippen molar-refractivity contribution in [2.24, 2.45) is 5.73 Å². The molecule has 0 saturated heterocycles. The van der Waals surface area contributed by atoms with E-state index in [2.05, 4.69) is 0 Å². The molecular formula is C9H18N2O2. The lowest BCUT2D eigenvalue weighted by molar-refractivity contribution is 0.0727.